The van der Waals surface area contributed by atoms with Crippen LogP contribution in [0.3, 0.4) is 0 Å². The Kier molecular flexibility index (Phi) is 2.81. The minimum Gasteiger partial charge on any atom is -0.384 e. The van der Waals surface area contributed by atoms with E-state index in [1.807, 2.05) is 19.1 Å². The SMILES string of the molecule is Cc1cc(C(=N)N)cc(N2CCC(C)C2)n1. The van der Waals surface area contributed by atoms with Crippen molar-refractivity contribution in [3.05, 3.63) is 23.4 Å². The molecule has 1 aromatic heterocycles. The van der Waals surface area contributed by atoms with Crippen LogP contribution in [-0.4, -0.2) is 23.9 Å². The summed E-state index contributed by atoms with van der Waals surface area (Å²) in [5.41, 5.74) is 7.20. The van der Waals surface area contributed by atoms with Crippen LogP contribution in [-0.2, 0) is 0 Å². The number of rotatable bonds is 2. The Morgan fingerprint density at radius 1 is 1.56 bits per heavy atom. The van der Waals surface area contributed by atoms with E-state index in [1.165, 1.54) is 6.42 Å². The molecule has 2 heterocycles. The normalized spacial score (nSPS) is 20.1. The summed E-state index contributed by atoms with van der Waals surface area (Å²) in [4.78, 5) is 6.77. The number of aryl methyl sites for hydroxylation is 1. The summed E-state index contributed by atoms with van der Waals surface area (Å²) < 4.78 is 0. The molecule has 1 saturated heterocycles. The fraction of sp³-hybridized carbons (Fsp3) is 0.500. The third-order valence-corrected chi connectivity index (χ3v) is 3.00. The first kappa shape index (κ1) is 10.9. The molecule has 3 N–H and O–H groups in total. The molecule has 0 aromatic carbocycles. The summed E-state index contributed by atoms with van der Waals surface area (Å²) in [6, 6.07) is 3.76. The lowest BCUT2D eigenvalue weighted by Gasteiger charge is -2.18. The predicted octanol–water partition coefficient (Wildman–Crippen LogP) is 1.52. The lowest BCUT2D eigenvalue weighted by Crippen LogP contribution is -2.22. The minimum atomic E-state index is 0.110. The third-order valence-electron chi connectivity index (χ3n) is 3.00. The number of nitrogens with two attached hydrogens (primary N) is 1. The van der Waals surface area contributed by atoms with Gasteiger partial charge >= 0.3 is 0 Å². The molecular formula is C12H18N4. The van der Waals surface area contributed by atoms with E-state index in [0.29, 0.717) is 0 Å². The van der Waals surface area contributed by atoms with Crippen LogP contribution in [0.4, 0.5) is 5.82 Å². The van der Waals surface area contributed by atoms with Crippen molar-refractivity contribution < 1.29 is 0 Å². The molecule has 86 valence electrons. The average Bonchev–Trinajstić information content (AvgIpc) is 2.64. The van der Waals surface area contributed by atoms with Gasteiger partial charge in [-0.3, -0.25) is 5.41 Å². The first-order valence-electron chi connectivity index (χ1n) is 5.64. The summed E-state index contributed by atoms with van der Waals surface area (Å²) in [6.07, 6.45) is 1.21. The zero-order valence-corrected chi connectivity index (χ0v) is 9.83. The fourth-order valence-electron chi connectivity index (χ4n) is 2.11. The zero-order chi connectivity index (χ0) is 11.7. The van der Waals surface area contributed by atoms with Crippen LogP contribution < -0.4 is 10.6 Å². The number of nitrogen functional groups attached to an aromatic ring is 1. The van der Waals surface area contributed by atoms with Crippen LogP contribution in [0, 0.1) is 18.3 Å². The Morgan fingerprint density at radius 2 is 2.31 bits per heavy atom. The molecule has 4 nitrogen and oxygen atoms in total. The van der Waals surface area contributed by atoms with Gasteiger partial charge < -0.3 is 10.6 Å². The van der Waals surface area contributed by atoms with Gasteiger partial charge in [-0.25, -0.2) is 4.98 Å². The van der Waals surface area contributed by atoms with E-state index in [4.69, 9.17) is 11.1 Å². The van der Waals surface area contributed by atoms with Crippen molar-refractivity contribution in [1.29, 1.82) is 5.41 Å². The van der Waals surface area contributed by atoms with E-state index in [2.05, 4.69) is 16.8 Å². The summed E-state index contributed by atoms with van der Waals surface area (Å²) in [7, 11) is 0. The number of pyridine rings is 1. The van der Waals surface area contributed by atoms with Crippen molar-refractivity contribution in [3.63, 3.8) is 0 Å². The van der Waals surface area contributed by atoms with Gasteiger partial charge in [0.05, 0.1) is 0 Å². The molecule has 0 aliphatic carbocycles. The number of aromatic nitrogens is 1. The molecule has 0 saturated carbocycles. The summed E-state index contributed by atoms with van der Waals surface area (Å²) in [5, 5.41) is 7.47. The molecular weight excluding hydrogens is 200 g/mol. The third kappa shape index (κ3) is 2.15. The summed E-state index contributed by atoms with van der Waals surface area (Å²) in [6.45, 7) is 6.29. The van der Waals surface area contributed by atoms with Crippen LogP contribution in [0.2, 0.25) is 0 Å². The molecule has 1 unspecified atom stereocenters. The standard InChI is InChI=1S/C12H18N4/c1-8-3-4-16(7-8)11-6-10(12(13)14)5-9(2)15-11/h5-6,8H,3-4,7H2,1-2H3,(H3,13,14). The molecule has 0 radical (unpaired) electrons. The van der Waals surface area contributed by atoms with Gasteiger partial charge in [0.15, 0.2) is 0 Å². The number of anilines is 1. The quantitative estimate of drug-likeness (QED) is 0.584. The molecule has 1 aliphatic rings. The van der Waals surface area contributed by atoms with Gasteiger partial charge in [-0.05, 0) is 31.4 Å². The Labute approximate surface area is 96.0 Å². The van der Waals surface area contributed by atoms with Gasteiger partial charge in [0.2, 0.25) is 0 Å². The predicted molar refractivity (Wildman–Crippen MR) is 66.0 cm³/mol. The molecule has 2 rings (SSSR count). The van der Waals surface area contributed by atoms with Gasteiger partial charge in [0, 0.05) is 24.3 Å². The van der Waals surface area contributed by atoms with Crippen molar-refractivity contribution in [3.8, 4) is 0 Å². The summed E-state index contributed by atoms with van der Waals surface area (Å²) in [5.74, 6) is 1.79. The highest BCUT2D eigenvalue weighted by Gasteiger charge is 2.20. The van der Waals surface area contributed by atoms with Gasteiger partial charge in [-0.15, -0.1) is 0 Å². The molecule has 4 heteroatoms. The Bertz CT molecular complexity index is 413. The highest BCUT2D eigenvalue weighted by Crippen LogP contribution is 2.22. The second-order valence-electron chi connectivity index (χ2n) is 4.61. The lowest BCUT2D eigenvalue weighted by atomic mass is 10.2. The number of nitrogens with one attached hydrogen (secondary N) is 1. The van der Waals surface area contributed by atoms with Crippen molar-refractivity contribution >= 4 is 11.7 Å². The monoisotopic (exact) mass is 218 g/mol. The first-order chi connectivity index (χ1) is 7.56. The van der Waals surface area contributed by atoms with E-state index < -0.39 is 0 Å². The largest absolute Gasteiger partial charge is 0.384 e. The lowest BCUT2D eigenvalue weighted by molar-refractivity contribution is 0.659. The van der Waals surface area contributed by atoms with Crippen LogP contribution in [0.15, 0.2) is 12.1 Å². The molecule has 1 fully saturated rings. The number of nitrogens with zero attached hydrogens (tertiary/aromatic N) is 2. The summed E-state index contributed by atoms with van der Waals surface area (Å²) >= 11 is 0. The van der Waals surface area contributed by atoms with E-state index >= 15 is 0 Å². The van der Waals surface area contributed by atoms with Gasteiger partial charge in [0.1, 0.15) is 11.7 Å². The smallest absolute Gasteiger partial charge is 0.129 e. The van der Waals surface area contributed by atoms with Gasteiger partial charge in [-0.1, -0.05) is 6.92 Å². The molecule has 16 heavy (non-hydrogen) atoms. The number of hydrogen-bond acceptors (Lipinski definition) is 3. The van der Waals surface area contributed by atoms with E-state index in [0.717, 1.165) is 36.1 Å². The van der Waals surface area contributed by atoms with Crippen LogP contribution in [0.5, 0.6) is 0 Å². The zero-order valence-electron chi connectivity index (χ0n) is 9.83. The van der Waals surface area contributed by atoms with E-state index in [-0.39, 0.29) is 5.84 Å². The molecule has 1 aromatic rings. The number of hydrogen-bond donors (Lipinski definition) is 2. The van der Waals surface area contributed by atoms with Crippen molar-refractivity contribution in [1.82, 2.24) is 4.98 Å². The van der Waals surface area contributed by atoms with Gasteiger partial charge in [0.25, 0.3) is 0 Å². The molecule has 0 bridgehead atoms. The molecule has 0 amide bonds. The Morgan fingerprint density at radius 3 is 2.88 bits per heavy atom. The van der Waals surface area contributed by atoms with E-state index in [1.54, 1.807) is 0 Å². The van der Waals surface area contributed by atoms with Crippen molar-refractivity contribution in [2.45, 2.75) is 20.3 Å². The topological polar surface area (TPSA) is 66.0 Å². The van der Waals surface area contributed by atoms with Crippen LogP contribution in [0.25, 0.3) is 0 Å². The molecule has 1 aliphatic heterocycles. The van der Waals surface area contributed by atoms with Crippen LogP contribution >= 0.6 is 0 Å². The minimum absolute atomic E-state index is 0.110. The maximum Gasteiger partial charge on any atom is 0.129 e. The Balaban J connectivity index is 2.30. The second-order valence-corrected chi connectivity index (χ2v) is 4.61. The first-order valence-corrected chi connectivity index (χ1v) is 5.64. The van der Waals surface area contributed by atoms with Gasteiger partial charge in [-0.2, -0.15) is 0 Å². The van der Waals surface area contributed by atoms with Crippen molar-refractivity contribution in [2.75, 3.05) is 18.0 Å². The molecule has 1 atom stereocenters. The maximum atomic E-state index is 7.47. The van der Waals surface area contributed by atoms with Crippen molar-refractivity contribution in [2.24, 2.45) is 11.7 Å². The highest BCUT2D eigenvalue weighted by molar-refractivity contribution is 5.95. The Hall–Kier alpha value is -1.58. The average molecular weight is 218 g/mol. The molecule has 0 spiro atoms. The number of amidine groups is 1. The highest BCUT2D eigenvalue weighted by atomic mass is 15.2. The maximum absolute atomic E-state index is 7.47. The van der Waals surface area contributed by atoms with E-state index in [9.17, 15) is 0 Å². The second kappa shape index (κ2) is 4.12. The fourth-order valence-corrected chi connectivity index (χ4v) is 2.11. The van der Waals surface area contributed by atoms with Crippen LogP contribution in [0.1, 0.15) is 24.6 Å².